The Kier molecular flexibility index (Phi) is 7.80. The van der Waals surface area contributed by atoms with Crippen LogP contribution in [0.3, 0.4) is 0 Å². The van der Waals surface area contributed by atoms with Crippen molar-refractivity contribution in [2.45, 2.75) is 38.8 Å². The van der Waals surface area contributed by atoms with Gasteiger partial charge in [-0.3, -0.25) is 4.79 Å². The number of ether oxygens (including phenoxy) is 1. The first-order valence-electron chi connectivity index (χ1n) is 6.33. The van der Waals surface area contributed by atoms with Crippen molar-refractivity contribution in [2.75, 3.05) is 7.11 Å². The minimum absolute atomic E-state index is 0.107. The third kappa shape index (κ3) is 7.75. The summed E-state index contributed by atoms with van der Waals surface area (Å²) in [6.07, 6.45) is -0.219. The summed E-state index contributed by atoms with van der Waals surface area (Å²) in [4.78, 5) is 44.8. The van der Waals surface area contributed by atoms with Gasteiger partial charge in [-0.15, -0.1) is 0 Å². The molecule has 3 amide bonds. The van der Waals surface area contributed by atoms with E-state index >= 15 is 0 Å². The number of amides is 3. The lowest BCUT2D eigenvalue weighted by molar-refractivity contribution is -0.143. The van der Waals surface area contributed by atoms with Gasteiger partial charge in [-0.05, 0) is 12.3 Å². The van der Waals surface area contributed by atoms with Gasteiger partial charge >= 0.3 is 18.0 Å². The average molecular weight is 303 g/mol. The molecule has 21 heavy (non-hydrogen) atoms. The number of carboxylic acid groups (broad SMARTS) is 1. The van der Waals surface area contributed by atoms with Gasteiger partial charge in [0.2, 0.25) is 5.91 Å². The molecule has 0 heterocycles. The van der Waals surface area contributed by atoms with E-state index in [-0.39, 0.29) is 5.92 Å². The molecule has 0 aliphatic rings. The topological polar surface area (TPSA) is 148 Å². The summed E-state index contributed by atoms with van der Waals surface area (Å²) in [5.41, 5.74) is 4.90. The lowest BCUT2D eigenvalue weighted by Gasteiger charge is -2.20. The number of primary amides is 1. The third-order valence-corrected chi connectivity index (χ3v) is 2.51. The summed E-state index contributed by atoms with van der Waals surface area (Å²) in [5, 5.41) is 13.3. The van der Waals surface area contributed by atoms with Crippen LogP contribution >= 0.6 is 0 Å². The van der Waals surface area contributed by atoms with Crippen molar-refractivity contribution >= 4 is 23.9 Å². The van der Waals surface area contributed by atoms with Gasteiger partial charge < -0.3 is 26.2 Å². The van der Waals surface area contributed by atoms with Gasteiger partial charge in [0, 0.05) is 0 Å². The summed E-state index contributed by atoms with van der Waals surface area (Å²) in [6, 6.07) is -3.25. The van der Waals surface area contributed by atoms with Crippen molar-refractivity contribution in [1.82, 2.24) is 10.6 Å². The number of nitrogens with two attached hydrogens (primary N) is 1. The van der Waals surface area contributed by atoms with Crippen LogP contribution in [-0.4, -0.2) is 48.2 Å². The fraction of sp³-hybridized carbons (Fsp3) is 0.667. The number of hydrogen-bond donors (Lipinski definition) is 4. The molecule has 0 fully saturated rings. The molecule has 0 rings (SSSR count). The van der Waals surface area contributed by atoms with Gasteiger partial charge in [-0.25, -0.2) is 14.4 Å². The summed E-state index contributed by atoms with van der Waals surface area (Å²) in [7, 11) is 1.18. The number of carbonyl (C=O) groups is 4. The van der Waals surface area contributed by atoms with Gasteiger partial charge in [0.25, 0.3) is 0 Å². The van der Waals surface area contributed by atoms with Gasteiger partial charge in [0.15, 0.2) is 0 Å². The van der Waals surface area contributed by atoms with Crippen molar-refractivity contribution in [3.63, 3.8) is 0 Å². The molecule has 0 saturated carbocycles. The molecule has 2 atom stereocenters. The molecule has 0 aromatic carbocycles. The maximum Gasteiger partial charge on any atom is 0.328 e. The van der Waals surface area contributed by atoms with Crippen LogP contribution in [0, 0.1) is 5.92 Å². The minimum Gasteiger partial charge on any atom is -0.480 e. The Bertz CT molecular complexity index is 410. The lowest BCUT2D eigenvalue weighted by Crippen LogP contribution is -2.52. The van der Waals surface area contributed by atoms with E-state index in [4.69, 9.17) is 10.8 Å². The molecule has 0 aromatic heterocycles. The van der Waals surface area contributed by atoms with Crippen LogP contribution in [0.1, 0.15) is 26.7 Å². The second kappa shape index (κ2) is 8.77. The first-order valence-corrected chi connectivity index (χ1v) is 6.33. The highest BCUT2D eigenvalue weighted by Crippen LogP contribution is 2.06. The molecular weight excluding hydrogens is 282 g/mol. The fourth-order valence-corrected chi connectivity index (χ4v) is 1.59. The Labute approximate surface area is 122 Å². The zero-order chi connectivity index (χ0) is 16.6. The van der Waals surface area contributed by atoms with Crippen LogP contribution in [0.2, 0.25) is 0 Å². The molecule has 0 aliphatic heterocycles. The molecule has 9 heteroatoms. The molecular formula is C12H21N3O6. The molecule has 9 nitrogen and oxygen atoms in total. The first kappa shape index (κ1) is 18.7. The Balaban J connectivity index is 4.70. The predicted octanol–water partition coefficient (Wildman–Crippen LogP) is -0.798. The molecule has 0 aliphatic carbocycles. The van der Waals surface area contributed by atoms with E-state index in [0.717, 1.165) is 0 Å². The molecule has 0 aromatic rings. The molecule has 0 radical (unpaired) electrons. The van der Waals surface area contributed by atoms with E-state index in [2.05, 4.69) is 15.4 Å². The molecule has 0 saturated heterocycles. The second-order valence-corrected chi connectivity index (χ2v) is 4.88. The number of rotatable bonds is 8. The van der Waals surface area contributed by atoms with Crippen LogP contribution in [0.25, 0.3) is 0 Å². The van der Waals surface area contributed by atoms with Gasteiger partial charge in [0.1, 0.15) is 12.1 Å². The highest BCUT2D eigenvalue weighted by atomic mass is 16.5. The van der Waals surface area contributed by atoms with Crippen molar-refractivity contribution < 1.29 is 29.0 Å². The standard InChI is InChI=1S/C12H21N3O6/c1-6(2)4-8(11(19)21-3)15-12(20)14-7(10(17)18)5-9(13)16/h6-8H,4-5H2,1-3H3,(H2,13,16)(H,17,18)(H2,14,15,20)/t7-,8?/m0/s1. The highest BCUT2D eigenvalue weighted by molar-refractivity contribution is 5.89. The number of methoxy groups -OCH3 is 1. The summed E-state index contributed by atoms with van der Waals surface area (Å²) < 4.78 is 4.56. The van der Waals surface area contributed by atoms with E-state index in [1.165, 1.54) is 7.11 Å². The van der Waals surface area contributed by atoms with E-state index in [1.54, 1.807) is 0 Å². The SMILES string of the molecule is COC(=O)C(CC(C)C)NC(=O)N[C@@H](CC(N)=O)C(=O)O. The number of aliphatic carboxylic acids is 1. The quantitative estimate of drug-likeness (QED) is 0.431. The molecule has 1 unspecified atom stereocenters. The zero-order valence-corrected chi connectivity index (χ0v) is 12.2. The highest BCUT2D eigenvalue weighted by Gasteiger charge is 2.26. The monoisotopic (exact) mass is 303 g/mol. The van der Waals surface area contributed by atoms with E-state index < -0.39 is 42.4 Å². The summed E-state index contributed by atoms with van der Waals surface area (Å²) >= 11 is 0. The van der Waals surface area contributed by atoms with Crippen LogP contribution in [-0.2, 0) is 19.1 Å². The number of nitrogens with one attached hydrogen (secondary N) is 2. The Morgan fingerprint density at radius 2 is 1.67 bits per heavy atom. The average Bonchev–Trinajstić information content (AvgIpc) is 2.34. The fourth-order valence-electron chi connectivity index (χ4n) is 1.59. The normalized spacial score (nSPS) is 13.1. The first-order chi connectivity index (χ1) is 9.67. The zero-order valence-electron chi connectivity index (χ0n) is 12.2. The Hall–Kier alpha value is -2.32. The van der Waals surface area contributed by atoms with Gasteiger partial charge in [-0.1, -0.05) is 13.8 Å². The number of urea groups is 1. The molecule has 120 valence electrons. The van der Waals surface area contributed by atoms with Crippen LogP contribution in [0.15, 0.2) is 0 Å². The van der Waals surface area contributed by atoms with Crippen LogP contribution in [0.5, 0.6) is 0 Å². The third-order valence-electron chi connectivity index (χ3n) is 2.51. The van der Waals surface area contributed by atoms with Crippen molar-refractivity contribution in [3.05, 3.63) is 0 Å². The van der Waals surface area contributed by atoms with E-state index in [1.807, 2.05) is 13.8 Å². The van der Waals surface area contributed by atoms with E-state index in [9.17, 15) is 19.2 Å². The number of esters is 1. The minimum atomic E-state index is -1.46. The van der Waals surface area contributed by atoms with Crippen molar-refractivity contribution in [2.24, 2.45) is 11.7 Å². The van der Waals surface area contributed by atoms with Crippen LogP contribution in [0.4, 0.5) is 4.79 Å². The number of carbonyl (C=O) groups excluding carboxylic acids is 3. The molecule has 5 N–H and O–H groups in total. The van der Waals surface area contributed by atoms with Crippen molar-refractivity contribution in [3.8, 4) is 0 Å². The lowest BCUT2D eigenvalue weighted by atomic mass is 10.0. The van der Waals surface area contributed by atoms with Gasteiger partial charge in [-0.2, -0.15) is 0 Å². The van der Waals surface area contributed by atoms with E-state index in [0.29, 0.717) is 6.42 Å². The molecule has 0 bridgehead atoms. The van der Waals surface area contributed by atoms with Crippen LogP contribution < -0.4 is 16.4 Å². The smallest absolute Gasteiger partial charge is 0.328 e. The largest absolute Gasteiger partial charge is 0.480 e. The number of hydrogen-bond acceptors (Lipinski definition) is 5. The molecule has 0 spiro atoms. The Morgan fingerprint density at radius 3 is 2.05 bits per heavy atom. The summed E-state index contributed by atoms with van der Waals surface area (Å²) in [5.74, 6) is -2.80. The van der Waals surface area contributed by atoms with Gasteiger partial charge in [0.05, 0.1) is 13.5 Å². The Morgan fingerprint density at radius 1 is 1.14 bits per heavy atom. The van der Waals surface area contributed by atoms with Crippen molar-refractivity contribution in [1.29, 1.82) is 0 Å². The summed E-state index contributed by atoms with van der Waals surface area (Å²) in [6.45, 7) is 3.70. The predicted molar refractivity (Wildman–Crippen MR) is 72.2 cm³/mol. The number of carboxylic acids is 1. The maximum atomic E-state index is 11.7. The second-order valence-electron chi connectivity index (χ2n) is 4.88. The maximum absolute atomic E-state index is 11.7.